The number of hydrogen-bond acceptors (Lipinski definition) is 4. The van der Waals surface area contributed by atoms with E-state index in [9.17, 15) is 4.79 Å². The summed E-state index contributed by atoms with van der Waals surface area (Å²) < 4.78 is 12.1. The fourth-order valence-electron chi connectivity index (χ4n) is 2.92. The molecule has 4 heteroatoms. The van der Waals surface area contributed by atoms with Crippen molar-refractivity contribution in [3.63, 3.8) is 0 Å². The van der Waals surface area contributed by atoms with E-state index in [2.05, 4.69) is 0 Å². The van der Waals surface area contributed by atoms with Crippen molar-refractivity contribution in [2.24, 2.45) is 0 Å². The van der Waals surface area contributed by atoms with Crippen LogP contribution < -0.4 is 15.2 Å². The number of anilines is 1. The van der Waals surface area contributed by atoms with Gasteiger partial charge in [0.05, 0.1) is 11.3 Å². The molecule has 0 aromatic heterocycles. The lowest BCUT2D eigenvalue weighted by atomic mass is 10.0. The smallest absolute Gasteiger partial charge is 0.196 e. The lowest BCUT2D eigenvalue weighted by Crippen LogP contribution is -2.06. The normalized spacial score (nSPS) is 10.3. The highest BCUT2D eigenvalue weighted by molar-refractivity contribution is 6.11. The summed E-state index contributed by atoms with van der Waals surface area (Å²) in [6, 6.07) is 30.9. The number of hydrogen-bond donors (Lipinski definition) is 1. The minimum absolute atomic E-state index is 0.172. The van der Waals surface area contributed by atoms with E-state index in [0.29, 0.717) is 34.1 Å². The number of nitrogens with two attached hydrogens (primary N) is 1. The molecule has 0 fully saturated rings. The monoisotopic (exact) mass is 381 g/mol. The number of benzene rings is 4. The van der Waals surface area contributed by atoms with Crippen LogP contribution in [-0.2, 0) is 0 Å². The van der Waals surface area contributed by atoms with Crippen LogP contribution in [0.2, 0.25) is 0 Å². The first-order chi connectivity index (χ1) is 14.2. The molecule has 0 amide bonds. The van der Waals surface area contributed by atoms with Gasteiger partial charge in [-0.05, 0) is 36.4 Å². The molecule has 4 aromatic carbocycles. The first-order valence-corrected chi connectivity index (χ1v) is 9.20. The average Bonchev–Trinajstić information content (AvgIpc) is 2.78. The van der Waals surface area contributed by atoms with Gasteiger partial charge in [0.25, 0.3) is 0 Å². The lowest BCUT2D eigenvalue weighted by Gasteiger charge is -2.17. The van der Waals surface area contributed by atoms with Crippen molar-refractivity contribution < 1.29 is 14.3 Å². The summed E-state index contributed by atoms with van der Waals surface area (Å²) in [6.07, 6.45) is 0. The van der Waals surface area contributed by atoms with Gasteiger partial charge in [-0.2, -0.15) is 0 Å². The second kappa shape index (κ2) is 8.31. The van der Waals surface area contributed by atoms with Gasteiger partial charge in [0.15, 0.2) is 17.3 Å². The van der Waals surface area contributed by atoms with E-state index in [1.807, 2.05) is 78.9 Å². The number of carbonyl (C=O) groups excluding carboxylic acids is 1. The van der Waals surface area contributed by atoms with Gasteiger partial charge >= 0.3 is 0 Å². The van der Waals surface area contributed by atoms with Crippen molar-refractivity contribution in [3.05, 3.63) is 114 Å². The Morgan fingerprint density at radius 2 is 1.07 bits per heavy atom. The quantitative estimate of drug-likeness (QED) is 0.324. The largest absolute Gasteiger partial charge is 0.453 e. The molecule has 2 N–H and O–H groups in total. The van der Waals surface area contributed by atoms with E-state index >= 15 is 0 Å². The molecule has 0 saturated carbocycles. The van der Waals surface area contributed by atoms with Crippen molar-refractivity contribution in [2.45, 2.75) is 0 Å². The number of rotatable bonds is 6. The summed E-state index contributed by atoms with van der Waals surface area (Å²) in [5.74, 6) is 1.60. The summed E-state index contributed by atoms with van der Waals surface area (Å²) in [5.41, 5.74) is 7.52. The first-order valence-electron chi connectivity index (χ1n) is 9.20. The van der Waals surface area contributed by atoms with Gasteiger partial charge in [-0.15, -0.1) is 0 Å². The van der Waals surface area contributed by atoms with Gasteiger partial charge in [-0.25, -0.2) is 0 Å². The van der Waals surface area contributed by atoms with E-state index < -0.39 is 0 Å². The molecule has 0 spiro atoms. The zero-order valence-corrected chi connectivity index (χ0v) is 15.6. The summed E-state index contributed by atoms with van der Waals surface area (Å²) in [6.45, 7) is 0. The molecule has 29 heavy (non-hydrogen) atoms. The molecule has 0 aliphatic rings. The highest BCUT2D eigenvalue weighted by Gasteiger charge is 2.22. The fourth-order valence-corrected chi connectivity index (χ4v) is 2.92. The minimum Gasteiger partial charge on any atom is -0.453 e. The highest BCUT2D eigenvalue weighted by atomic mass is 16.5. The average molecular weight is 381 g/mol. The van der Waals surface area contributed by atoms with Crippen LogP contribution >= 0.6 is 0 Å². The Hall–Kier alpha value is -4.05. The Morgan fingerprint density at radius 3 is 1.62 bits per heavy atom. The number of nitrogen functional groups attached to an aromatic ring is 1. The van der Waals surface area contributed by atoms with Gasteiger partial charge in [-0.3, -0.25) is 4.79 Å². The van der Waals surface area contributed by atoms with Crippen LogP contribution in [-0.4, -0.2) is 5.78 Å². The molecule has 0 unspecified atom stereocenters. The maximum Gasteiger partial charge on any atom is 0.196 e. The molecule has 4 rings (SSSR count). The standard InChI is InChI=1S/C25H19NO3/c26-22-17-16-21(23(27)18-10-4-1-5-11-18)24(28-19-12-6-2-7-13-19)25(22)29-20-14-8-3-9-15-20/h1-17H,26H2. The highest BCUT2D eigenvalue weighted by Crippen LogP contribution is 2.43. The van der Waals surface area contributed by atoms with Crippen molar-refractivity contribution >= 4 is 11.5 Å². The predicted octanol–water partition coefficient (Wildman–Crippen LogP) is 6.08. The van der Waals surface area contributed by atoms with E-state index in [-0.39, 0.29) is 11.5 Å². The van der Waals surface area contributed by atoms with Crippen LogP contribution in [0.3, 0.4) is 0 Å². The molecule has 0 saturated heterocycles. The number of ketones is 1. The molecule has 4 nitrogen and oxygen atoms in total. The van der Waals surface area contributed by atoms with Crippen molar-refractivity contribution in [1.82, 2.24) is 0 Å². The number of carbonyl (C=O) groups is 1. The van der Waals surface area contributed by atoms with Crippen molar-refractivity contribution in [3.8, 4) is 23.0 Å². The van der Waals surface area contributed by atoms with E-state index in [1.54, 1.807) is 24.3 Å². The summed E-state index contributed by atoms with van der Waals surface area (Å²) >= 11 is 0. The fraction of sp³-hybridized carbons (Fsp3) is 0. The third-order valence-electron chi connectivity index (χ3n) is 4.35. The topological polar surface area (TPSA) is 61.6 Å². The summed E-state index contributed by atoms with van der Waals surface area (Å²) in [4.78, 5) is 13.2. The Morgan fingerprint density at radius 1 is 0.586 bits per heavy atom. The summed E-state index contributed by atoms with van der Waals surface area (Å²) in [7, 11) is 0. The van der Waals surface area contributed by atoms with Crippen LogP contribution in [0.25, 0.3) is 0 Å². The van der Waals surface area contributed by atoms with Crippen LogP contribution in [0.4, 0.5) is 5.69 Å². The second-order valence-corrected chi connectivity index (χ2v) is 6.39. The predicted molar refractivity (Wildman–Crippen MR) is 114 cm³/mol. The number of para-hydroxylation sites is 2. The Kier molecular flexibility index (Phi) is 5.25. The second-order valence-electron chi connectivity index (χ2n) is 6.39. The molecule has 0 bridgehead atoms. The number of ether oxygens (including phenoxy) is 2. The third kappa shape index (κ3) is 4.12. The van der Waals surface area contributed by atoms with E-state index in [0.717, 1.165) is 0 Å². The molecular weight excluding hydrogens is 362 g/mol. The molecule has 0 aliphatic carbocycles. The molecule has 0 radical (unpaired) electrons. The van der Waals surface area contributed by atoms with Gasteiger partial charge in [0.2, 0.25) is 0 Å². The summed E-state index contributed by atoms with van der Waals surface area (Å²) in [5, 5.41) is 0. The Balaban J connectivity index is 1.84. The van der Waals surface area contributed by atoms with E-state index in [4.69, 9.17) is 15.2 Å². The van der Waals surface area contributed by atoms with Gasteiger partial charge in [-0.1, -0.05) is 66.7 Å². The molecule has 142 valence electrons. The van der Waals surface area contributed by atoms with Crippen LogP contribution in [0.15, 0.2) is 103 Å². The van der Waals surface area contributed by atoms with E-state index in [1.165, 1.54) is 0 Å². The Bertz CT molecular complexity index is 1110. The maximum atomic E-state index is 13.2. The minimum atomic E-state index is -0.172. The molecule has 0 heterocycles. The maximum absolute atomic E-state index is 13.2. The molecule has 4 aromatic rings. The molecule has 0 atom stereocenters. The van der Waals surface area contributed by atoms with Gasteiger partial charge < -0.3 is 15.2 Å². The third-order valence-corrected chi connectivity index (χ3v) is 4.35. The van der Waals surface area contributed by atoms with Gasteiger partial charge in [0, 0.05) is 5.56 Å². The SMILES string of the molecule is Nc1ccc(C(=O)c2ccccc2)c(Oc2ccccc2)c1Oc1ccccc1. The first kappa shape index (κ1) is 18.3. The lowest BCUT2D eigenvalue weighted by molar-refractivity contribution is 0.103. The molecule has 0 aliphatic heterocycles. The van der Waals surface area contributed by atoms with Crippen LogP contribution in [0.5, 0.6) is 23.0 Å². The van der Waals surface area contributed by atoms with Gasteiger partial charge in [0.1, 0.15) is 11.5 Å². The van der Waals surface area contributed by atoms with Crippen molar-refractivity contribution in [2.75, 3.05) is 5.73 Å². The van der Waals surface area contributed by atoms with Crippen molar-refractivity contribution in [1.29, 1.82) is 0 Å². The van der Waals surface area contributed by atoms with Crippen LogP contribution in [0.1, 0.15) is 15.9 Å². The Labute approximate surface area is 169 Å². The zero-order chi connectivity index (χ0) is 20.1. The molecular formula is C25H19NO3. The van der Waals surface area contributed by atoms with Crippen LogP contribution in [0, 0.1) is 0 Å². The zero-order valence-electron chi connectivity index (χ0n) is 15.6.